The molecule has 1 rings (SSSR count). The Labute approximate surface area is 248 Å². The standard InChI is InChI=1S/C30H47NO11/c1-7-8-9-14-37-28(34)40-18-21(6)25(26(31)27(32)33)22-10-11-23(41-29(35)38-15-12-19(2)3)24(17-22)42-30(36)39-16-13-20(4)5/h10-11,17,19-21,25-26H,7-9,12-16,18,31H2,1-6H3,(H,32,33)/t21?,25?,26-/m0/s1. The van der Waals surface area contributed by atoms with Gasteiger partial charge in [-0.15, -0.1) is 0 Å². The van der Waals surface area contributed by atoms with E-state index < -0.39 is 42.3 Å². The maximum absolute atomic E-state index is 12.4. The highest BCUT2D eigenvalue weighted by Crippen LogP contribution is 2.36. The summed E-state index contributed by atoms with van der Waals surface area (Å²) < 4.78 is 31.1. The molecule has 0 heterocycles. The lowest BCUT2D eigenvalue weighted by atomic mass is 9.82. The molecule has 12 heteroatoms. The lowest BCUT2D eigenvalue weighted by Gasteiger charge is -2.27. The smallest absolute Gasteiger partial charge is 0.480 e. The molecule has 2 unspecified atom stereocenters. The van der Waals surface area contributed by atoms with Gasteiger partial charge in [-0.2, -0.15) is 0 Å². The van der Waals surface area contributed by atoms with Gasteiger partial charge in [0.1, 0.15) is 6.04 Å². The van der Waals surface area contributed by atoms with E-state index in [1.807, 2.05) is 34.6 Å². The molecule has 0 aliphatic heterocycles. The van der Waals surface area contributed by atoms with Crippen LogP contribution in [0.5, 0.6) is 11.5 Å². The zero-order valence-corrected chi connectivity index (χ0v) is 25.6. The summed E-state index contributed by atoms with van der Waals surface area (Å²) in [5, 5.41) is 9.71. The van der Waals surface area contributed by atoms with Crippen molar-refractivity contribution < 1.29 is 52.7 Å². The van der Waals surface area contributed by atoms with Crippen molar-refractivity contribution in [2.75, 3.05) is 26.4 Å². The number of hydrogen-bond acceptors (Lipinski definition) is 11. The Hall–Kier alpha value is -3.54. The molecule has 12 nitrogen and oxygen atoms in total. The van der Waals surface area contributed by atoms with Crippen LogP contribution in [-0.4, -0.2) is 62.0 Å². The highest BCUT2D eigenvalue weighted by atomic mass is 16.7. The first-order valence-corrected chi connectivity index (χ1v) is 14.5. The van der Waals surface area contributed by atoms with Crippen LogP contribution in [0.15, 0.2) is 18.2 Å². The molecule has 3 atom stereocenters. The molecule has 0 fully saturated rings. The number of carboxylic acids is 1. The highest BCUT2D eigenvalue weighted by molar-refractivity contribution is 5.75. The topological polar surface area (TPSA) is 170 Å². The molecule has 0 aromatic heterocycles. The van der Waals surface area contributed by atoms with Gasteiger partial charge in [0.2, 0.25) is 0 Å². The van der Waals surface area contributed by atoms with Gasteiger partial charge in [0.25, 0.3) is 0 Å². The van der Waals surface area contributed by atoms with E-state index in [-0.39, 0.29) is 43.8 Å². The second kappa shape index (κ2) is 19.6. The number of carboxylic acid groups (broad SMARTS) is 1. The fourth-order valence-corrected chi connectivity index (χ4v) is 3.79. The molecule has 0 spiro atoms. The van der Waals surface area contributed by atoms with Crippen LogP contribution in [0.25, 0.3) is 0 Å². The Morgan fingerprint density at radius 3 is 1.83 bits per heavy atom. The van der Waals surface area contributed by atoms with Gasteiger partial charge in [-0.25, -0.2) is 14.4 Å². The summed E-state index contributed by atoms with van der Waals surface area (Å²) in [6, 6.07) is 2.75. The Morgan fingerprint density at radius 1 is 0.762 bits per heavy atom. The number of aliphatic carboxylic acids is 1. The normalized spacial score (nSPS) is 13.2. The number of rotatable bonds is 18. The number of ether oxygens (including phenoxy) is 6. The van der Waals surface area contributed by atoms with Crippen molar-refractivity contribution in [3.8, 4) is 11.5 Å². The van der Waals surface area contributed by atoms with Crippen molar-refractivity contribution >= 4 is 24.4 Å². The van der Waals surface area contributed by atoms with Crippen molar-refractivity contribution in [1.29, 1.82) is 0 Å². The molecule has 0 bridgehead atoms. The van der Waals surface area contributed by atoms with E-state index in [2.05, 4.69) is 0 Å². The van der Waals surface area contributed by atoms with E-state index in [0.29, 0.717) is 30.7 Å². The monoisotopic (exact) mass is 597 g/mol. The molecule has 0 aliphatic carbocycles. The molecule has 1 aromatic rings. The molecule has 0 radical (unpaired) electrons. The van der Waals surface area contributed by atoms with Crippen LogP contribution in [0.4, 0.5) is 14.4 Å². The fourth-order valence-electron chi connectivity index (χ4n) is 3.79. The molecule has 3 N–H and O–H groups in total. The van der Waals surface area contributed by atoms with Crippen molar-refractivity contribution in [3.05, 3.63) is 23.8 Å². The van der Waals surface area contributed by atoms with Crippen molar-refractivity contribution in [3.63, 3.8) is 0 Å². The number of carbonyl (C=O) groups is 4. The predicted octanol–water partition coefficient (Wildman–Crippen LogP) is 6.28. The second-order valence-electron chi connectivity index (χ2n) is 11.0. The minimum absolute atomic E-state index is 0.110. The third-order valence-electron chi connectivity index (χ3n) is 6.29. The van der Waals surface area contributed by atoms with E-state index in [1.165, 1.54) is 18.2 Å². The number of nitrogens with two attached hydrogens (primary N) is 1. The molecule has 42 heavy (non-hydrogen) atoms. The van der Waals surface area contributed by atoms with Gasteiger partial charge < -0.3 is 39.3 Å². The first-order chi connectivity index (χ1) is 19.8. The highest BCUT2D eigenvalue weighted by Gasteiger charge is 2.33. The molecule has 0 saturated carbocycles. The van der Waals surface area contributed by atoms with Gasteiger partial charge in [0.15, 0.2) is 11.5 Å². The lowest BCUT2D eigenvalue weighted by molar-refractivity contribution is -0.139. The van der Waals surface area contributed by atoms with E-state index in [9.17, 15) is 24.3 Å². The maximum Gasteiger partial charge on any atom is 0.513 e. The van der Waals surface area contributed by atoms with Gasteiger partial charge in [0.05, 0.1) is 26.4 Å². The number of benzene rings is 1. The largest absolute Gasteiger partial charge is 0.513 e. The van der Waals surface area contributed by atoms with E-state index in [1.54, 1.807) is 6.92 Å². The van der Waals surface area contributed by atoms with Crippen molar-refractivity contribution in [1.82, 2.24) is 0 Å². The molecular formula is C30H47NO11. The first kappa shape index (κ1) is 36.5. The van der Waals surface area contributed by atoms with Crippen LogP contribution < -0.4 is 15.2 Å². The van der Waals surface area contributed by atoms with E-state index >= 15 is 0 Å². The van der Waals surface area contributed by atoms with Crippen LogP contribution in [0.3, 0.4) is 0 Å². The van der Waals surface area contributed by atoms with Gasteiger partial charge in [-0.1, -0.05) is 60.5 Å². The Balaban J connectivity index is 3.20. The molecule has 0 saturated heterocycles. The maximum atomic E-state index is 12.4. The molecular weight excluding hydrogens is 550 g/mol. The third kappa shape index (κ3) is 14.4. The first-order valence-electron chi connectivity index (χ1n) is 14.5. The van der Waals surface area contributed by atoms with Crippen LogP contribution in [0.1, 0.15) is 85.1 Å². The number of hydrogen-bond donors (Lipinski definition) is 2. The fraction of sp³-hybridized carbons (Fsp3) is 0.667. The van der Waals surface area contributed by atoms with Crippen LogP contribution in [0, 0.1) is 17.8 Å². The molecule has 1 aromatic carbocycles. The summed E-state index contributed by atoms with van der Waals surface area (Å²) in [6.07, 6.45) is 0.907. The number of carbonyl (C=O) groups excluding carboxylic acids is 3. The van der Waals surface area contributed by atoms with Crippen LogP contribution in [0.2, 0.25) is 0 Å². The van der Waals surface area contributed by atoms with Gasteiger partial charge in [-0.05, 0) is 54.7 Å². The Kier molecular flexibility index (Phi) is 17.0. The predicted molar refractivity (Wildman–Crippen MR) is 154 cm³/mol. The summed E-state index contributed by atoms with van der Waals surface area (Å²) in [4.78, 5) is 48.6. The van der Waals surface area contributed by atoms with Gasteiger partial charge >= 0.3 is 24.4 Å². The quantitative estimate of drug-likeness (QED) is 0.0841. The summed E-state index contributed by atoms with van der Waals surface area (Å²) in [7, 11) is 0. The molecule has 0 aliphatic rings. The summed E-state index contributed by atoms with van der Waals surface area (Å²) in [6.45, 7) is 11.9. The average molecular weight is 598 g/mol. The summed E-state index contributed by atoms with van der Waals surface area (Å²) in [5.74, 6) is -2.54. The average Bonchev–Trinajstić information content (AvgIpc) is 2.90. The summed E-state index contributed by atoms with van der Waals surface area (Å²) in [5.41, 5.74) is 6.38. The lowest BCUT2D eigenvalue weighted by Crippen LogP contribution is -2.40. The Bertz CT molecular complexity index is 995. The van der Waals surface area contributed by atoms with E-state index in [0.717, 1.165) is 12.8 Å². The third-order valence-corrected chi connectivity index (χ3v) is 6.29. The minimum atomic E-state index is -1.41. The molecule has 0 amide bonds. The zero-order chi connectivity index (χ0) is 31.7. The Morgan fingerprint density at radius 2 is 1.31 bits per heavy atom. The van der Waals surface area contributed by atoms with Crippen LogP contribution in [-0.2, 0) is 23.7 Å². The SMILES string of the molecule is CCCCCOC(=O)OCC(C)C(c1ccc(OC(=O)OCCC(C)C)c(OC(=O)OCCC(C)C)c1)[C@H](N)C(=O)O. The van der Waals surface area contributed by atoms with Crippen LogP contribution >= 0.6 is 0 Å². The zero-order valence-electron chi connectivity index (χ0n) is 25.6. The number of unbranched alkanes of at least 4 members (excludes halogenated alkanes) is 2. The van der Waals surface area contributed by atoms with Gasteiger partial charge in [0, 0.05) is 5.92 Å². The summed E-state index contributed by atoms with van der Waals surface area (Å²) >= 11 is 0. The van der Waals surface area contributed by atoms with Crippen molar-refractivity contribution in [2.45, 2.75) is 85.6 Å². The minimum Gasteiger partial charge on any atom is -0.480 e. The van der Waals surface area contributed by atoms with Crippen molar-refractivity contribution in [2.24, 2.45) is 23.5 Å². The van der Waals surface area contributed by atoms with Gasteiger partial charge in [-0.3, -0.25) is 4.79 Å². The van der Waals surface area contributed by atoms with E-state index in [4.69, 9.17) is 34.2 Å². The molecule has 238 valence electrons. The second-order valence-corrected chi connectivity index (χ2v) is 11.0.